The molecule has 10 heteroatoms. The smallest absolute Gasteiger partial charge is 0.328 e. The lowest BCUT2D eigenvalue weighted by molar-refractivity contribution is -0.149. The fourth-order valence-corrected chi connectivity index (χ4v) is 1.93. The van der Waals surface area contributed by atoms with Crippen molar-refractivity contribution in [3.8, 4) is 17.5 Å². The number of hydrogen-bond acceptors (Lipinski definition) is 7. The molecule has 0 spiro atoms. The monoisotopic (exact) mass is 346 g/mol. The van der Waals surface area contributed by atoms with Crippen LogP contribution in [0.1, 0.15) is 6.92 Å². The molecule has 128 valence electrons. The van der Waals surface area contributed by atoms with Crippen LogP contribution in [-0.4, -0.2) is 33.4 Å². The Balaban J connectivity index is 1.72. The maximum atomic E-state index is 12.8. The molecule has 1 fully saturated rings. The maximum Gasteiger partial charge on any atom is 0.328 e. The van der Waals surface area contributed by atoms with Gasteiger partial charge in [0, 0.05) is 0 Å². The number of hydrogen-bond donors (Lipinski definition) is 2. The second-order valence-corrected chi connectivity index (χ2v) is 5.13. The van der Waals surface area contributed by atoms with Gasteiger partial charge in [-0.2, -0.15) is 9.97 Å². The highest BCUT2D eigenvalue weighted by molar-refractivity contribution is 6.21. The number of benzene rings is 1. The standard InChI is InChI=1S/C15H11FN4O5/c1-15(11(21)19-13(23)20-12(15)22)25-10-6-17-14(18-7-10)24-9-4-2-8(16)3-5-9/h2-7H,1H3,(H2,19,20,21,22,23). The summed E-state index contributed by atoms with van der Waals surface area (Å²) < 4.78 is 23.5. The Morgan fingerprint density at radius 3 is 2.08 bits per heavy atom. The van der Waals surface area contributed by atoms with Crippen molar-refractivity contribution in [3.05, 3.63) is 42.5 Å². The van der Waals surface area contributed by atoms with E-state index in [1.807, 2.05) is 10.6 Å². The lowest BCUT2D eigenvalue weighted by atomic mass is 10.0. The van der Waals surface area contributed by atoms with Crippen LogP contribution in [0.15, 0.2) is 36.7 Å². The van der Waals surface area contributed by atoms with Gasteiger partial charge in [-0.05, 0) is 31.2 Å². The number of carbonyl (C=O) groups is 3. The number of carbonyl (C=O) groups excluding carboxylic acids is 3. The van der Waals surface area contributed by atoms with Gasteiger partial charge in [-0.15, -0.1) is 0 Å². The number of aromatic nitrogens is 2. The van der Waals surface area contributed by atoms with Crippen molar-refractivity contribution in [2.45, 2.75) is 12.5 Å². The molecule has 1 saturated heterocycles. The van der Waals surface area contributed by atoms with Gasteiger partial charge in [-0.3, -0.25) is 20.2 Å². The quantitative estimate of drug-likeness (QED) is 0.790. The number of rotatable bonds is 4. The van der Waals surface area contributed by atoms with Gasteiger partial charge in [0.1, 0.15) is 11.6 Å². The number of nitrogens with one attached hydrogen (secondary N) is 2. The molecule has 0 radical (unpaired) electrons. The van der Waals surface area contributed by atoms with E-state index in [0.717, 1.165) is 0 Å². The highest BCUT2D eigenvalue weighted by atomic mass is 19.1. The number of ether oxygens (including phenoxy) is 2. The average Bonchev–Trinajstić information content (AvgIpc) is 2.57. The van der Waals surface area contributed by atoms with Crippen LogP contribution in [0.5, 0.6) is 17.5 Å². The first-order valence-electron chi connectivity index (χ1n) is 6.98. The van der Waals surface area contributed by atoms with Crippen LogP contribution in [0.4, 0.5) is 9.18 Å². The maximum absolute atomic E-state index is 12.8. The van der Waals surface area contributed by atoms with Crippen molar-refractivity contribution in [1.29, 1.82) is 0 Å². The van der Waals surface area contributed by atoms with Gasteiger partial charge in [-0.1, -0.05) is 0 Å². The van der Waals surface area contributed by atoms with E-state index in [1.54, 1.807) is 0 Å². The normalized spacial score (nSPS) is 16.0. The Hall–Kier alpha value is -3.56. The summed E-state index contributed by atoms with van der Waals surface area (Å²) in [7, 11) is 0. The summed E-state index contributed by atoms with van der Waals surface area (Å²) in [5, 5.41) is 3.88. The van der Waals surface area contributed by atoms with Gasteiger partial charge in [-0.25, -0.2) is 9.18 Å². The van der Waals surface area contributed by atoms with Crippen molar-refractivity contribution in [2.75, 3.05) is 0 Å². The molecule has 2 heterocycles. The van der Waals surface area contributed by atoms with Crippen molar-refractivity contribution in [1.82, 2.24) is 20.6 Å². The van der Waals surface area contributed by atoms with E-state index in [9.17, 15) is 18.8 Å². The Morgan fingerprint density at radius 1 is 0.960 bits per heavy atom. The Labute approximate surface area is 140 Å². The summed E-state index contributed by atoms with van der Waals surface area (Å²) in [5.41, 5.74) is -1.95. The van der Waals surface area contributed by atoms with Gasteiger partial charge in [0.2, 0.25) is 0 Å². The summed E-state index contributed by atoms with van der Waals surface area (Å²) >= 11 is 0. The topological polar surface area (TPSA) is 120 Å². The van der Waals surface area contributed by atoms with E-state index in [2.05, 4.69) is 9.97 Å². The van der Waals surface area contributed by atoms with E-state index >= 15 is 0 Å². The van der Waals surface area contributed by atoms with Crippen molar-refractivity contribution in [2.24, 2.45) is 0 Å². The molecule has 1 aliphatic rings. The van der Waals surface area contributed by atoms with E-state index in [-0.39, 0.29) is 11.8 Å². The lowest BCUT2D eigenvalue weighted by Crippen LogP contribution is -2.67. The van der Waals surface area contributed by atoms with Gasteiger partial charge in [0.15, 0.2) is 5.75 Å². The molecule has 9 nitrogen and oxygen atoms in total. The molecule has 1 aromatic carbocycles. The summed E-state index contributed by atoms with van der Waals surface area (Å²) in [6.45, 7) is 1.20. The minimum atomic E-state index is -1.95. The lowest BCUT2D eigenvalue weighted by Gasteiger charge is -2.30. The summed E-state index contributed by atoms with van der Waals surface area (Å²) in [6.07, 6.45) is 2.38. The molecule has 2 N–H and O–H groups in total. The van der Waals surface area contributed by atoms with Crippen LogP contribution in [0, 0.1) is 5.82 Å². The predicted octanol–water partition coefficient (Wildman–Crippen LogP) is 0.911. The molecular formula is C15H11FN4O5. The van der Waals surface area contributed by atoms with E-state index in [1.165, 1.54) is 43.6 Å². The average molecular weight is 346 g/mol. The van der Waals surface area contributed by atoms with Crippen molar-refractivity contribution in [3.63, 3.8) is 0 Å². The van der Waals surface area contributed by atoms with E-state index < -0.39 is 29.3 Å². The SMILES string of the molecule is CC1(Oc2cnc(Oc3ccc(F)cc3)nc2)C(=O)NC(=O)NC1=O. The fraction of sp³-hybridized carbons (Fsp3) is 0.133. The van der Waals surface area contributed by atoms with Crippen molar-refractivity contribution < 1.29 is 28.2 Å². The summed E-state index contributed by atoms with van der Waals surface area (Å²) in [4.78, 5) is 42.6. The third kappa shape index (κ3) is 3.37. The van der Waals surface area contributed by atoms with Crippen LogP contribution >= 0.6 is 0 Å². The number of halogens is 1. The molecule has 4 amide bonds. The third-order valence-electron chi connectivity index (χ3n) is 3.27. The molecule has 0 bridgehead atoms. The number of barbiturate groups is 1. The van der Waals surface area contributed by atoms with Crippen LogP contribution < -0.4 is 20.1 Å². The molecule has 0 atom stereocenters. The van der Waals surface area contributed by atoms with E-state index in [4.69, 9.17) is 9.47 Å². The Kier molecular flexibility index (Phi) is 4.01. The van der Waals surface area contributed by atoms with Gasteiger partial charge >= 0.3 is 12.0 Å². The molecule has 1 aliphatic heterocycles. The number of amides is 4. The number of nitrogens with zero attached hydrogens (tertiary/aromatic N) is 2. The first-order chi connectivity index (χ1) is 11.9. The van der Waals surface area contributed by atoms with Crippen LogP contribution in [0.2, 0.25) is 0 Å². The minimum Gasteiger partial charge on any atom is -0.464 e. The molecule has 1 aromatic heterocycles. The molecule has 0 saturated carbocycles. The molecule has 0 aliphatic carbocycles. The number of imide groups is 2. The summed E-state index contributed by atoms with van der Waals surface area (Å²) in [6, 6.07) is 4.27. The summed E-state index contributed by atoms with van der Waals surface area (Å²) in [5.74, 6) is -1.89. The zero-order chi connectivity index (χ0) is 18.0. The minimum absolute atomic E-state index is 0.00797. The van der Waals surface area contributed by atoms with Gasteiger partial charge in [0.25, 0.3) is 17.4 Å². The van der Waals surface area contributed by atoms with Crippen molar-refractivity contribution >= 4 is 17.8 Å². The zero-order valence-electron chi connectivity index (χ0n) is 12.8. The van der Waals surface area contributed by atoms with Gasteiger partial charge < -0.3 is 9.47 Å². The molecule has 3 rings (SSSR count). The third-order valence-corrected chi connectivity index (χ3v) is 3.27. The molecule has 25 heavy (non-hydrogen) atoms. The molecule has 0 unspecified atom stereocenters. The molecule has 2 aromatic rings. The molecular weight excluding hydrogens is 335 g/mol. The van der Waals surface area contributed by atoms with E-state index in [0.29, 0.717) is 5.75 Å². The first-order valence-corrected chi connectivity index (χ1v) is 6.98. The second kappa shape index (κ2) is 6.15. The first kappa shape index (κ1) is 16.3. The van der Waals surface area contributed by atoms with Gasteiger partial charge in [0.05, 0.1) is 12.4 Å². The Morgan fingerprint density at radius 2 is 1.52 bits per heavy atom. The highest BCUT2D eigenvalue weighted by Crippen LogP contribution is 2.22. The van der Waals surface area contributed by atoms with Crippen LogP contribution in [0.3, 0.4) is 0 Å². The van der Waals surface area contributed by atoms with Crippen LogP contribution in [0.25, 0.3) is 0 Å². The largest absolute Gasteiger partial charge is 0.464 e. The zero-order valence-corrected chi connectivity index (χ0v) is 12.8. The fourth-order valence-electron chi connectivity index (χ4n) is 1.93. The van der Waals surface area contributed by atoms with Crippen LogP contribution in [-0.2, 0) is 9.59 Å². The Bertz CT molecular complexity index is 818. The second-order valence-electron chi connectivity index (χ2n) is 5.13. The highest BCUT2D eigenvalue weighted by Gasteiger charge is 2.49. The predicted molar refractivity (Wildman–Crippen MR) is 79.2 cm³/mol. The number of urea groups is 1.